The first kappa shape index (κ1) is 25.8. The molecule has 184 valence electrons. The van der Waals surface area contributed by atoms with Crippen LogP contribution in [-0.4, -0.2) is 45.1 Å². The molecule has 0 unspecified atom stereocenters. The Kier molecular flexibility index (Phi) is 8.80. The van der Waals surface area contributed by atoms with Gasteiger partial charge in [-0.25, -0.2) is 13.6 Å². The molecule has 5 nitrogen and oxygen atoms in total. The summed E-state index contributed by atoms with van der Waals surface area (Å²) in [7, 11) is 1.31. The van der Waals surface area contributed by atoms with Crippen molar-refractivity contribution in [3.63, 3.8) is 0 Å². The van der Waals surface area contributed by atoms with E-state index in [4.69, 9.17) is 18.9 Å². The van der Waals surface area contributed by atoms with E-state index in [1.807, 2.05) is 20.8 Å². The quantitative estimate of drug-likeness (QED) is 0.298. The highest BCUT2D eigenvalue weighted by Gasteiger charge is 2.26. The molecule has 1 aliphatic carbocycles. The highest BCUT2D eigenvalue weighted by atomic mass is 19.2. The summed E-state index contributed by atoms with van der Waals surface area (Å²) in [6.45, 7) is 7.22. The molecule has 0 heterocycles. The normalized spacial score (nSPS) is 13.4. The van der Waals surface area contributed by atoms with Crippen molar-refractivity contribution in [3.05, 3.63) is 70.3 Å². The summed E-state index contributed by atoms with van der Waals surface area (Å²) in [6.07, 6.45) is 2.56. The van der Waals surface area contributed by atoms with Crippen molar-refractivity contribution in [1.82, 2.24) is 0 Å². The fraction of sp³-hybridized carbons (Fsp3) is 0.444. The van der Waals surface area contributed by atoms with Crippen LogP contribution in [0.5, 0.6) is 5.75 Å². The molecule has 3 rings (SSSR count). The Hall–Kier alpha value is -2.77. The molecule has 0 bridgehead atoms. The second-order valence-corrected chi connectivity index (χ2v) is 8.73. The lowest BCUT2D eigenvalue weighted by atomic mass is 9.81. The Morgan fingerprint density at radius 2 is 1.68 bits per heavy atom. The van der Waals surface area contributed by atoms with Crippen LogP contribution in [0.3, 0.4) is 0 Å². The first-order valence-electron chi connectivity index (χ1n) is 11.5. The molecule has 34 heavy (non-hydrogen) atoms. The summed E-state index contributed by atoms with van der Waals surface area (Å²) in [4.78, 5) is 11.8. The van der Waals surface area contributed by atoms with Crippen molar-refractivity contribution in [1.29, 1.82) is 0 Å². The van der Waals surface area contributed by atoms with Gasteiger partial charge in [0.1, 0.15) is 12.4 Å². The highest BCUT2D eigenvalue weighted by molar-refractivity contribution is 5.91. The van der Waals surface area contributed by atoms with E-state index in [2.05, 4.69) is 0 Å². The van der Waals surface area contributed by atoms with E-state index in [-0.39, 0.29) is 24.5 Å². The number of hydrogen-bond donors (Lipinski definition) is 0. The number of esters is 1. The SMILES string of the molecule is CCOCC(C)(C)OCCOc1ccc(F)c(F)c1C(=C1CCC1)c1ccc(C(=O)OC)cc1. The van der Waals surface area contributed by atoms with E-state index >= 15 is 4.39 Å². The van der Waals surface area contributed by atoms with E-state index in [1.165, 1.54) is 13.2 Å². The largest absolute Gasteiger partial charge is 0.490 e. The predicted octanol–water partition coefficient (Wildman–Crippen LogP) is 5.95. The van der Waals surface area contributed by atoms with Gasteiger partial charge in [0, 0.05) is 6.61 Å². The minimum absolute atomic E-state index is 0.0918. The minimum Gasteiger partial charge on any atom is -0.490 e. The summed E-state index contributed by atoms with van der Waals surface area (Å²) < 4.78 is 51.5. The van der Waals surface area contributed by atoms with Crippen LogP contribution in [0.15, 0.2) is 42.0 Å². The maximum absolute atomic E-state index is 15.2. The molecule has 0 radical (unpaired) electrons. The van der Waals surface area contributed by atoms with Gasteiger partial charge in [0.15, 0.2) is 11.6 Å². The molecule has 0 atom stereocenters. The molecule has 0 saturated heterocycles. The van der Waals surface area contributed by atoms with Gasteiger partial charge < -0.3 is 18.9 Å². The molecular formula is C27H32F2O5. The standard InChI is InChI=1S/C27H32F2O5/c1-5-32-17-27(2,3)34-16-15-33-22-14-13-21(28)25(29)24(22)23(18-7-6-8-18)19-9-11-20(12-10-19)26(30)31-4/h9-14H,5-8,15-17H2,1-4H3. The first-order chi connectivity index (χ1) is 16.3. The van der Waals surface area contributed by atoms with Crippen LogP contribution in [0.2, 0.25) is 0 Å². The van der Waals surface area contributed by atoms with Gasteiger partial charge in [-0.1, -0.05) is 17.7 Å². The van der Waals surface area contributed by atoms with Crippen LogP contribution in [0, 0.1) is 11.6 Å². The number of halogens is 2. The van der Waals surface area contributed by atoms with Gasteiger partial charge in [-0.05, 0) is 75.4 Å². The first-order valence-corrected chi connectivity index (χ1v) is 11.5. The monoisotopic (exact) mass is 474 g/mol. The van der Waals surface area contributed by atoms with Gasteiger partial charge in [-0.2, -0.15) is 0 Å². The number of hydrogen-bond acceptors (Lipinski definition) is 5. The van der Waals surface area contributed by atoms with E-state index in [9.17, 15) is 9.18 Å². The number of ether oxygens (including phenoxy) is 4. The molecular weight excluding hydrogens is 442 g/mol. The maximum atomic E-state index is 15.2. The lowest BCUT2D eigenvalue weighted by Gasteiger charge is -2.26. The number of methoxy groups -OCH3 is 1. The van der Waals surface area contributed by atoms with Gasteiger partial charge in [0.25, 0.3) is 0 Å². The number of rotatable bonds is 11. The Balaban J connectivity index is 1.88. The molecule has 2 aromatic carbocycles. The Morgan fingerprint density at radius 3 is 2.26 bits per heavy atom. The predicted molar refractivity (Wildman–Crippen MR) is 126 cm³/mol. The van der Waals surface area contributed by atoms with Crippen LogP contribution in [-0.2, 0) is 14.2 Å². The number of benzene rings is 2. The summed E-state index contributed by atoms with van der Waals surface area (Å²) in [5, 5.41) is 0. The molecule has 0 amide bonds. The van der Waals surface area contributed by atoms with Crippen LogP contribution in [0.25, 0.3) is 5.57 Å². The second kappa shape index (κ2) is 11.6. The Labute approximate surface area is 199 Å². The summed E-state index contributed by atoms with van der Waals surface area (Å²) >= 11 is 0. The van der Waals surface area contributed by atoms with Gasteiger partial charge in [0.05, 0.1) is 37.1 Å². The van der Waals surface area contributed by atoms with Gasteiger partial charge in [-0.3, -0.25) is 0 Å². The molecule has 7 heteroatoms. The highest BCUT2D eigenvalue weighted by Crippen LogP contribution is 2.42. The van der Waals surface area contributed by atoms with E-state index in [0.29, 0.717) is 29.9 Å². The maximum Gasteiger partial charge on any atom is 0.337 e. The average Bonchev–Trinajstić information content (AvgIpc) is 2.80. The van der Waals surface area contributed by atoms with E-state index in [1.54, 1.807) is 24.3 Å². The third-order valence-electron chi connectivity index (χ3n) is 5.70. The van der Waals surface area contributed by atoms with Gasteiger partial charge in [0.2, 0.25) is 0 Å². The Bertz CT molecular complexity index is 1020. The van der Waals surface area contributed by atoms with Gasteiger partial charge >= 0.3 is 5.97 Å². The fourth-order valence-electron chi connectivity index (χ4n) is 3.76. The lowest BCUT2D eigenvalue weighted by molar-refractivity contribution is -0.0794. The third-order valence-corrected chi connectivity index (χ3v) is 5.70. The van der Waals surface area contributed by atoms with Crippen molar-refractivity contribution < 1.29 is 32.5 Å². The molecule has 0 N–H and O–H groups in total. The van der Waals surface area contributed by atoms with Crippen molar-refractivity contribution in [2.75, 3.05) is 33.5 Å². The lowest BCUT2D eigenvalue weighted by Crippen LogP contribution is -2.32. The fourth-order valence-corrected chi connectivity index (χ4v) is 3.76. The third kappa shape index (κ3) is 6.21. The number of carbonyl (C=O) groups excluding carboxylic acids is 1. The number of carbonyl (C=O) groups is 1. The molecule has 1 aliphatic rings. The molecule has 1 saturated carbocycles. The van der Waals surface area contributed by atoms with Crippen molar-refractivity contribution in [2.45, 2.75) is 45.6 Å². The van der Waals surface area contributed by atoms with Gasteiger partial charge in [-0.15, -0.1) is 0 Å². The van der Waals surface area contributed by atoms with Crippen molar-refractivity contribution >= 4 is 11.5 Å². The van der Waals surface area contributed by atoms with Crippen LogP contribution < -0.4 is 4.74 Å². The summed E-state index contributed by atoms with van der Waals surface area (Å²) in [5.41, 5.74) is 2.30. The topological polar surface area (TPSA) is 54.0 Å². The van der Waals surface area contributed by atoms with E-state index < -0.39 is 23.2 Å². The zero-order valence-corrected chi connectivity index (χ0v) is 20.2. The second-order valence-electron chi connectivity index (χ2n) is 8.73. The Morgan fingerprint density at radius 1 is 1.00 bits per heavy atom. The van der Waals surface area contributed by atoms with Crippen LogP contribution >= 0.6 is 0 Å². The molecule has 0 spiro atoms. The zero-order valence-electron chi connectivity index (χ0n) is 20.2. The summed E-state index contributed by atoms with van der Waals surface area (Å²) in [6, 6.07) is 9.19. The van der Waals surface area contributed by atoms with Crippen LogP contribution in [0.1, 0.15) is 61.5 Å². The zero-order chi connectivity index (χ0) is 24.7. The van der Waals surface area contributed by atoms with Crippen molar-refractivity contribution in [2.24, 2.45) is 0 Å². The van der Waals surface area contributed by atoms with Crippen LogP contribution in [0.4, 0.5) is 8.78 Å². The average molecular weight is 475 g/mol. The molecule has 0 aromatic heterocycles. The minimum atomic E-state index is -0.957. The van der Waals surface area contributed by atoms with Crippen molar-refractivity contribution in [3.8, 4) is 5.75 Å². The molecule has 2 aromatic rings. The number of allylic oxidation sites excluding steroid dienone is 1. The summed E-state index contributed by atoms with van der Waals surface area (Å²) in [5.74, 6) is -2.12. The van der Waals surface area contributed by atoms with E-state index in [0.717, 1.165) is 30.9 Å². The molecule has 0 aliphatic heterocycles. The molecule has 1 fully saturated rings. The smallest absolute Gasteiger partial charge is 0.337 e.